The molecule has 2 N–H and O–H groups in total. The fraction of sp³-hybridized carbons (Fsp3) is 0.310. The highest BCUT2D eigenvalue weighted by atomic mass is 79.9. The molecule has 0 spiro atoms. The number of aliphatic imine (C=N–C) groups is 2. The number of phenolic OH excluding ortho intramolecular Hbond substituents is 2. The molecule has 6 heteroatoms. The molecule has 3 aromatic rings. The lowest BCUT2D eigenvalue weighted by Gasteiger charge is -2.21. The third kappa shape index (κ3) is 6.62. The van der Waals surface area contributed by atoms with Crippen molar-refractivity contribution in [2.75, 3.05) is 0 Å². The Hall–Kier alpha value is -2.44. The Kier molecular flexibility index (Phi) is 7.97. The number of rotatable bonds is 4. The van der Waals surface area contributed by atoms with Gasteiger partial charge in [0.25, 0.3) is 0 Å². The number of hydrogen-bond acceptors (Lipinski definition) is 4. The van der Waals surface area contributed by atoms with Gasteiger partial charge in [0.15, 0.2) is 0 Å². The molecule has 0 atom stereocenters. The molecule has 3 aromatic carbocycles. The van der Waals surface area contributed by atoms with E-state index in [0.29, 0.717) is 16.8 Å². The standard InChI is InChI=1S/C29H32Br2N2O2/c1-17-8-9-22(32-15-18-10-20(30)12-23(26(18)34)28(2,3)4)14-25(17)33-16-19-11-21(31)13-24(27(19)35)29(5,6)7/h8-16,34-35H,1-7H3. The normalized spacial score (nSPS) is 12.7. The number of benzene rings is 3. The molecule has 0 aromatic heterocycles. The minimum Gasteiger partial charge on any atom is -0.507 e. The molecular weight excluding hydrogens is 568 g/mol. The van der Waals surface area contributed by atoms with Gasteiger partial charge < -0.3 is 10.2 Å². The lowest BCUT2D eigenvalue weighted by Crippen LogP contribution is -2.12. The van der Waals surface area contributed by atoms with Gasteiger partial charge in [-0.3, -0.25) is 9.98 Å². The van der Waals surface area contributed by atoms with Crippen molar-refractivity contribution < 1.29 is 10.2 Å². The maximum absolute atomic E-state index is 10.8. The van der Waals surface area contributed by atoms with Crippen molar-refractivity contribution >= 4 is 55.7 Å². The van der Waals surface area contributed by atoms with Crippen LogP contribution < -0.4 is 0 Å². The second-order valence-electron chi connectivity index (χ2n) is 10.8. The van der Waals surface area contributed by atoms with Crippen molar-refractivity contribution in [3.8, 4) is 11.5 Å². The molecule has 0 amide bonds. The number of halogens is 2. The molecule has 0 fully saturated rings. The van der Waals surface area contributed by atoms with Gasteiger partial charge in [-0.1, -0.05) is 79.5 Å². The number of nitrogens with zero attached hydrogens (tertiary/aromatic N) is 2. The minimum atomic E-state index is -0.203. The first kappa shape index (κ1) is 27.2. The zero-order valence-corrected chi connectivity index (χ0v) is 24.4. The zero-order chi connectivity index (χ0) is 26.1. The van der Waals surface area contributed by atoms with E-state index < -0.39 is 0 Å². The zero-order valence-electron chi connectivity index (χ0n) is 21.2. The summed E-state index contributed by atoms with van der Waals surface area (Å²) in [5.74, 6) is 0.464. The molecule has 4 nitrogen and oxygen atoms in total. The molecule has 0 radical (unpaired) electrons. The predicted molar refractivity (Wildman–Crippen MR) is 155 cm³/mol. The third-order valence-electron chi connectivity index (χ3n) is 5.71. The summed E-state index contributed by atoms with van der Waals surface area (Å²) in [4.78, 5) is 9.26. The summed E-state index contributed by atoms with van der Waals surface area (Å²) in [6.45, 7) is 14.4. The highest BCUT2D eigenvalue weighted by Crippen LogP contribution is 2.37. The SMILES string of the molecule is Cc1ccc(N=Cc2cc(Br)cc(C(C)(C)C)c2O)cc1N=Cc1cc(Br)cc(C(C)(C)C)c1O. The van der Waals surface area contributed by atoms with Crippen LogP contribution >= 0.6 is 31.9 Å². The first-order valence-electron chi connectivity index (χ1n) is 11.4. The van der Waals surface area contributed by atoms with Crippen molar-refractivity contribution in [2.45, 2.75) is 59.3 Å². The predicted octanol–water partition coefficient (Wildman–Crippen LogP) is 9.03. The minimum absolute atomic E-state index is 0.201. The van der Waals surface area contributed by atoms with Crippen LogP contribution in [-0.4, -0.2) is 22.6 Å². The van der Waals surface area contributed by atoms with Crippen LogP contribution in [0.5, 0.6) is 11.5 Å². The average molecular weight is 600 g/mol. The summed E-state index contributed by atoms with van der Waals surface area (Å²) < 4.78 is 1.78. The van der Waals surface area contributed by atoms with Crippen LogP contribution in [0.2, 0.25) is 0 Å². The Balaban J connectivity index is 1.96. The van der Waals surface area contributed by atoms with Gasteiger partial charge in [0.1, 0.15) is 11.5 Å². The van der Waals surface area contributed by atoms with Crippen molar-refractivity contribution in [1.82, 2.24) is 0 Å². The molecule has 0 saturated heterocycles. The van der Waals surface area contributed by atoms with E-state index in [0.717, 1.165) is 31.3 Å². The van der Waals surface area contributed by atoms with Gasteiger partial charge in [0.05, 0.1) is 11.4 Å². The van der Waals surface area contributed by atoms with Crippen molar-refractivity contribution in [2.24, 2.45) is 9.98 Å². The fourth-order valence-electron chi connectivity index (χ4n) is 3.68. The molecule has 0 unspecified atom stereocenters. The van der Waals surface area contributed by atoms with E-state index in [2.05, 4.69) is 83.4 Å². The van der Waals surface area contributed by atoms with Crippen molar-refractivity contribution in [1.29, 1.82) is 0 Å². The smallest absolute Gasteiger partial charge is 0.128 e. The molecule has 0 aliphatic carbocycles. The van der Waals surface area contributed by atoms with E-state index in [1.807, 2.05) is 49.4 Å². The van der Waals surface area contributed by atoms with Crippen LogP contribution in [0.15, 0.2) is 61.4 Å². The van der Waals surface area contributed by atoms with Gasteiger partial charge in [0, 0.05) is 43.6 Å². The molecule has 0 heterocycles. The molecule has 3 rings (SSSR count). The van der Waals surface area contributed by atoms with Crippen LogP contribution in [0, 0.1) is 6.92 Å². The lowest BCUT2D eigenvalue weighted by molar-refractivity contribution is 0.445. The topological polar surface area (TPSA) is 65.2 Å². The number of phenols is 2. The number of aromatic hydroxyl groups is 2. The van der Waals surface area contributed by atoms with Crippen LogP contribution in [0.25, 0.3) is 0 Å². The van der Waals surface area contributed by atoms with Gasteiger partial charge >= 0.3 is 0 Å². The average Bonchev–Trinajstić information content (AvgIpc) is 2.74. The van der Waals surface area contributed by atoms with E-state index in [9.17, 15) is 10.2 Å². The van der Waals surface area contributed by atoms with Crippen molar-refractivity contribution in [3.05, 3.63) is 79.2 Å². The second-order valence-corrected chi connectivity index (χ2v) is 12.6. The first-order valence-corrected chi connectivity index (χ1v) is 13.0. The van der Waals surface area contributed by atoms with Crippen LogP contribution in [0.1, 0.15) is 69.4 Å². The molecular formula is C29H32Br2N2O2. The van der Waals surface area contributed by atoms with E-state index >= 15 is 0 Å². The van der Waals surface area contributed by atoms with E-state index in [-0.39, 0.29) is 22.3 Å². The molecule has 0 aliphatic rings. The monoisotopic (exact) mass is 598 g/mol. The van der Waals surface area contributed by atoms with Gasteiger partial charge in [-0.2, -0.15) is 0 Å². The Morgan fingerprint density at radius 3 is 1.60 bits per heavy atom. The molecule has 184 valence electrons. The van der Waals surface area contributed by atoms with E-state index in [4.69, 9.17) is 0 Å². The van der Waals surface area contributed by atoms with Crippen molar-refractivity contribution in [3.63, 3.8) is 0 Å². The lowest BCUT2D eigenvalue weighted by atomic mass is 9.85. The largest absolute Gasteiger partial charge is 0.507 e. The van der Waals surface area contributed by atoms with Crippen LogP contribution in [0.4, 0.5) is 11.4 Å². The summed E-state index contributed by atoms with van der Waals surface area (Å²) in [6.07, 6.45) is 3.35. The highest BCUT2D eigenvalue weighted by Gasteiger charge is 2.21. The van der Waals surface area contributed by atoms with Crippen LogP contribution in [0.3, 0.4) is 0 Å². The summed E-state index contributed by atoms with van der Waals surface area (Å²) in [7, 11) is 0. The number of aryl methyl sites for hydroxylation is 1. The Morgan fingerprint density at radius 1 is 0.686 bits per heavy atom. The summed E-state index contributed by atoms with van der Waals surface area (Å²) in [6, 6.07) is 13.4. The number of hydrogen-bond donors (Lipinski definition) is 2. The van der Waals surface area contributed by atoms with E-state index in [1.54, 1.807) is 12.4 Å². The Morgan fingerprint density at radius 2 is 1.14 bits per heavy atom. The molecule has 0 bridgehead atoms. The van der Waals surface area contributed by atoms with Gasteiger partial charge in [-0.25, -0.2) is 0 Å². The highest BCUT2D eigenvalue weighted by molar-refractivity contribution is 9.10. The molecule has 0 saturated carbocycles. The third-order valence-corrected chi connectivity index (χ3v) is 6.63. The Bertz CT molecular complexity index is 1310. The van der Waals surface area contributed by atoms with Gasteiger partial charge in [0.2, 0.25) is 0 Å². The van der Waals surface area contributed by atoms with Crippen LogP contribution in [-0.2, 0) is 10.8 Å². The maximum Gasteiger partial charge on any atom is 0.128 e. The van der Waals surface area contributed by atoms with Gasteiger partial charge in [-0.15, -0.1) is 0 Å². The fourth-order valence-corrected chi connectivity index (χ4v) is 4.63. The second kappa shape index (κ2) is 10.3. The van der Waals surface area contributed by atoms with Gasteiger partial charge in [-0.05, 0) is 59.7 Å². The summed E-state index contributed by atoms with van der Waals surface area (Å²) in [5, 5.41) is 21.6. The molecule has 0 aliphatic heterocycles. The summed E-state index contributed by atoms with van der Waals surface area (Å²) >= 11 is 7.09. The van der Waals surface area contributed by atoms with E-state index in [1.165, 1.54) is 0 Å². The summed E-state index contributed by atoms with van der Waals surface area (Å²) in [5.41, 5.74) is 5.05. The Labute approximate surface area is 225 Å². The maximum atomic E-state index is 10.8. The molecule has 35 heavy (non-hydrogen) atoms. The quantitative estimate of drug-likeness (QED) is 0.294. The first-order chi connectivity index (χ1) is 16.2.